The van der Waals surface area contributed by atoms with E-state index in [2.05, 4.69) is 85.0 Å². The highest BCUT2D eigenvalue weighted by atomic mass is 16.5. The van der Waals surface area contributed by atoms with Crippen LogP contribution in [-0.4, -0.2) is 46.0 Å². The smallest absolute Gasteiger partial charge is 0.306 e. The van der Waals surface area contributed by atoms with Crippen molar-refractivity contribution in [1.82, 2.24) is 5.32 Å². The molecule has 57 heavy (non-hydrogen) atoms. The SMILES string of the molecule is CCC1=C2C=C3N=C(C=C4N=C(C=C5NC(=C6CC(O)=C1C6=N2)[C@@H](CCC(=O)OC/C=C(\C)CC/C=C(\C)CCC=C(C)C)[C@@H]5C)C(C)=C4C(C)O)C(C)=C3CC. The molecule has 1 aliphatic carbocycles. The third-order valence-electron chi connectivity index (χ3n) is 12.2. The van der Waals surface area contributed by atoms with E-state index in [1.165, 1.54) is 16.7 Å². The van der Waals surface area contributed by atoms with Crippen LogP contribution in [0.25, 0.3) is 0 Å². The van der Waals surface area contributed by atoms with E-state index < -0.39 is 6.10 Å². The van der Waals surface area contributed by atoms with Gasteiger partial charge in [-0.2, -0.15) is 0 Å². The number of aliphatic hydroxyl groups is 2. The lowest BCUT2D eigenvalue weighted by Crippen LogP contribution is -2.16. The van der Waals surface area contributed by atoms with E-state index >= 15 is 0 Å². The molecule has 6 rings (SSSR count). The number of carbonyl (C=O) groups is 1. The monoisotopic (exact) mass is 770 g/mol. The summed E-state index contributed by atoms with van der Waals surface area (Å²) < 4.78 is 5.75. The zero-order valence-corrected chi connectivity index (χ0v) is 35.8. The number of hydrogen-bond acceptors (Lipinski definition) is 8. The molecular weight excluding hydrogens is 709 g/mol. The highest BCUT2D eigenvalue weighted by Crippen LogP contribution is 2.47. The number of esters is 1. The van der Waals surface area contributed by atoms with Crippen LogP contribution in [0.15, 0.2) is 141 Å². The van der Waals surface area contributed by atoms with Crippen LogP contribution in [0.1, 0.15) is 127 Å². The van der Waals surface area contributed by atoms with Gasteiger partial charge in [0.15, 0.2) is 0 Å². The molecule has 5 heterocycles. The van der Waals surface area contributed by atoms with Crippen molar-refractivity contribution in [3.63, 3.8) is 0 Å². The Morgan fingerprint density at radius 1 is 0.895 bits per heavy atom. The molecule has 8 nitrogen and oxygen atoms in total. The molecule has 1 unspecified atom stereocenters. The molecule has 1 saturated heterocycles. The molecule has 302 valence electrons. The predicted octanol–water partition coefficient (Wildman–Crippen LogP) is 11.2. The Hall–Kier alpha value is -4.82. The third kappa shape index (κ3) is 8.86. The van der Waals surface area contributed by atoms with E-state index in [9.17, 15) is 15.0 Å². The molecule has 8 bridgehead atoms. The van der Waals surface area contributed by atoms with Crippen molar-refractivity contribution < 1.29 is 19.7 Å². The molecule has 0 saturated carbocycles. The molecule has 0 aromatic carbocycles. The van der Waals surface area contributed by atoms with Gasteiger partial charge in [-0.15, -0.1) is 0 Å². The number of fused-ring (bicyclic) bond motifs is 5. The largest absolute Gasteiger partial charge is 0.511 e. The van der Waals surface area contributed by atoms with Gasteiger partial charge < -0.3 is 20.3 Å². The first-order valence-electron chi connectivity index (χ1n) is 21.0. The van der Waals surface area contributed by atoms with Crippen LogP contribution in [0.3, 0.4) is 0 Å². The van der Waals surface area contributed by atoms with Crippen molar-refractivity contribution >= 4 is 23.1 Å². The van der Waals surface area contributed by atoms with Gasteiger partial charge >= 0.3 is 5.97 Å². The number of allylic oxidation sites excluding steroid dienone is 16. The summed E-state index contributed by atoms with van der Waals surface area (Å²) in [6, 6.07) is 0. The number of aliphatic hydroxyl groups excluding tert-OH is 2. The minimum absolute atomic E-state index is 0.0150. The second kappa shape index (κ2) is 17.8. The molecule has 0 amide bonds. The summed E-state index contributed by atoms with van der Waals surface area (Å²) in [4.78, 5) is 28.7. The summed E-state index contributed by atoms with van der Waals surface area (Å²) in [5.41, 5.74) is 17.5. The number of nitrogens with one attached hydrogen (secondary N) is 1. The minimum atomic E-state index is -0.716. The van der Waals surface area contributed by atoms with Crippen molar-refractivity contribution in [2.75, 3.05) is 6.61 Å². The molecule has 3 N–H and O–H groups in total. The van der Waals surface area contributed by atoms with E-state index in [1.807, 2.05) is 19.1 Å². The van der Waals surface area contributed by atoms with Crippen molar-refractivity contribution in [3.05, 3.63) is 126 Å². The van der Waals surface area contributed by atoms with Gasteiger partial charge in [-0.25, -0.2) is 15.0 Å². The molecule has 8 heteroatoms. The van der Waals surface area contributed by atoms with E-state index in [0.29, 0.717) is 25.0 Å². The molecule has 6 aliphatic rings. The van der Waals surface area contributed by atoms with Crippen molar-refractivity contribution in [1.29, 1.82) is 0 Å². The summed E-state index contributed by atoms with van der Waals surface area (Å²) in [7, 11) is 0. The molecule has 3 atom stereocenters. The summed E-state index contributed by atoms with van der Waals surface area (Å²) in [6.07, 6.45) is 18.9. The predicted molar refractivity (Wildman–Crippen MR) is 234 cm³/mol. The number of ether oxygens (including phenoxy) is 1. The first kappa shape index (κ1) is 41.8. The van der Waals surface area contributed by atoms with E-state index in [4.69, 9.17) is 19.7 Å². The fraction of sp³-hybridized carbons (Fsp3) is 0.469. The fourth-order valence-corrected chi connectivity index (χ4v) is 8.86. The molecule has 0 aromatic rings. The molecular formula is C49H62N4O4. The van der Waals surface area contributed by atoms with Crippen molar-refractivity contribution in [2.24, 2.45) is 26.8 Å². The zero-order chi connectivity index (χ0) is 41.1. The Labute approximate surface area is 340 Å². The van der Waals surface area contributed by atoms with Gasteiger partial charge in [0, 0.05) is 52.8 Å². The average molecular weight is 771 g/mol. The number of hydrogen-bond donors (Lipinski definition) is 3. The quantitative estimate of drug-likeness (QED) is 0.120. The van der Waals surface area contributed by atoms with Crippen LogP contribution in [0, 0.1) is 11.8 Å². The fourth-order valence-electron chi connectivity index (χ4n) is 8.86. The second-order valence-electron chi connectivity index (χ2n) is 16.6. The molecule has 0 aromatic heterocycles. The van der Waals surface area contributed by atoms with Crippen LogP contribution in [0.2, 0.25) is 0 Å². The number of rotatable bonds is 14. The van der Waals surface area contributed by atoms with E-state index in [0.717, 1.165) is 117 Å². The average Bonchev–Trinajstić information content (AvgIpc) is 3.92. The van der Waals surface area contributed by atoms with E-state index in [-0.39, 0.29) is 30.8 Å². The van der Waals surface area contributed by atoms with Gasteiger partial charge in [0.05, 0.1) is 40.3 Å². The highest BCUT2D eigenvalue weighted by molar-refractivity contribution is 6.21. The maximum atomic E-state index is 13.2. The lowest BCUT2D eigenvalue weighted by Gasteiger charge is -2.17. The molecule has 5 aliphatic heterocycles. The van der Waals surface area contributed by atoms with Gasteiger partial charge in [0.25, 0.3) is 0 Å². The van der Waals surface area contributed by atoms with Gasteiger partial charge in [0.1, 0.15) is 12.4 Å². The lowest BCUT2D eigenvalue weighted by atomic mass is 9.86. The molecule has 0 spiro atoms. The Balaban J connectivity index is 1.28. The summed E-state index contributed by atoms with van der Waals surface area (Å²) >= 11 is 0. The van der Waals surface area contributed by atoms with Crippen LogP contribution < -0.4 is 5.32 Å². The maximum Gasteiger partial charge on any atom is 0.306 e. The summed E-state index contributed by atoms with van der Waals surface area (Å²) in [5.74, 6) is 0.0760. The van der Waals surface area contributed by atoms with Crippen molar-refractivity contribution in [2.45, 2.75) is 133 Å². The Bertz CT molecular complexity index is 2180. The number of carbonyl (C=O) groups excluding carboxylic acids is 1. The zero-order valence-electron chi connectivity index (χ0n) is 35.8. The Morgan fingerprint density at radius 2 is 1.56 bits per heavy atom. The molecule has 0 radical (unpaired) electrons. The lowest BCUT2D eigenvalue weighted by molar-refractivity contribution is -0.142. The van der Waals surface area contributed by atoms with E-state index in [1.54, 1.807) is 6.92 Å². The first-order chi connectivity index (χ1) is 27.2. The van der Waals surface area contributed by atoms with Crippen LogP contribution in [0.4, 0.5) is 0 Å². The third-order valence-corrected chi connectivity index (χ3v) is 12.2. The number of aliphatic imine (C=N–C) groups is 3. The first-order valence-corrected chi connectivity index (χ1v) is 21.0. The van der Waals surface area contributed by atoms with Gasteiger partial charge in [0.2, 0.25) is 0 Å². The van der Waals surface area contributed by atoms with Crippen molar-refractivity contribution in [3.8, 4) is 0 Å². The Kier molecular flexibility index (Phi) is 13.0. The summed E-state index contributed by atoms with van der Waals surface area (Å²) in [6.45, 7) is 21.1. The highest BCUT2D eigenvalue weighted by Gasteiger charge is 2.42. The topological polar surface area (TPSA) is 116 Å². The van der Waals surface area contributed by atoms with Crippen LogP contribution in [0.5, 0.6) is 0 Å². The maximum absolute atomic E-state index is 13.2. The van der Waals surface area contributed by atoms with Crippen LogP contribution >= 0.6 is 0 Å². The normalized spacial score (nSPS) is 22.5. The van der Waals surface area contributed by atoms with Gasteiger partial charge in [-0.1, -0.05) is 49.6 Å². The Morgan fingerprint density at radius 3 is 2.25 bits per heavy atom. The second-order valence-corrected chi connectivity index (χ2v) is 16.6. The molecule has 1 fully saturated rings. The standard InChI is InChI=1S/C49H62N4O4/c1-11-34-30(7)38-25-43-46(33(10)54)32(9)40(51-43)24-39-31(8)36(19-20-45(56)57-22-21-29(6)18-14-17-28(5)16-13-15-27(3)4)48(52-39)37-23-44(55)47-35(12-2)42(53-49(37)47)26-41(34)50-38/h15,17,21,24-26,31,33,36,52,54-55H,11-14,16,18-20,22-23H2,1-10H3/b28-17+,29-21+,39-24?,41-26?,43-25?,48-37?/t31-,33?,36-/m0/s1. The van der Waals surface area contributed by atoms with Gasteiger partial charge in [-0.3, -0.25) is 4.79 Å². The summed E-state index contributed by atoms with van der Waals surface area (Å²) in [5, 5.41) is 26.3. The minimum Gasteiger partial charge on any atom is -0.511 e. The van der Waals surface area contributed by atoms with Gasteiger partial charge in [-0.05, 0) is 140 Å². The van der Waals surface area contributed by atoms with Crippen LogP contribution in [-0.2, 0) is 9.53 Å². The number of nitrogens with zero attached hydrogens (tertiary/aromatic N) is 3.